The standard InChI is InChI=1S/C16H14BrN3OS2/c1-2-12(14(18)21)23-16-13-11(7-22-15(13)19-8-20-16)9-3-5-10(17)6-4-9/h3-8,12H,2H2,1H3,(H2,18,21). The predicted octanol–water partition coefficient (Wildman–Crippen LogP) is 4.48. The topological polar surface area (TPSA) is 68.9 Å². The third-order valence-corrected chi connectivity index (χ3v) is 6.23. The van der Waals surface area contributed by atoms with Crippen molar-refractivity contribution in [3.63, 3.8) is 0 Å². The number of rotatable bonds is 5. The lowest BCUT2D eigenvalue weighted by Gasteiger charge is -2.11. The molecule has 0 spiro atoms. The van der Waals surface area contributed by atoms with Gasteiger partial charge in [-0.1, -0.05) is 46.7 Å². The summed E-state index contributed by atoms with van der Waals surface area (Å²) in [4.78, 5) is 21.2. The Morgan fingerprint density at radius 2 is 2.09 bits per heavy atom. The van der Waals surface area contributed by atoms with E-state index in [9.17, 15) is 4.79 Å². The molecule has 1 unspecified atom stereocenters. The van der Waals surface area contributed by atoms with E-state index < -0.39 is 0 Å². The highest BCUT2D eigenvalue weighted by Crippen LogP contribution is 2.39. The zero-order valence-corrected chi connectivity index (χ0v) is 15.5. The molecule has 4 nitrogen and oxygen atoms in total. The van der Waals surface area contributed by atoms with Crippen LogP contribution in [0.5, 0.6) is 0 Å². The van der Waals surface area contributed by atoms with Gasteiger partial charge in [0, 0.05) is 15.4 Å². The van der Waals surface area contributed by atoms with Gasteiger partial charge >= 0.3 is 0 Å². The van der Waals surface area contributed by atoms with Crippen LogP contribution in [0, 0.1) is 0 Å². The van der Waals surface area contributed by atoms with Gasteiger partial charge in [0.05, 0.1) is 10.6 Å². The first-order valence-corrected chi connectivity index (χ1v) is 9.59. The lowest BCUT2D eigenvalue weighted by atomic mass is 10.1. The van der Waals surface area contributed by atoms with Crippen LogP contribution in [0.1, 0.15) is 13.3 Å². The van der Waals surface area contributed by atoms with Crippen molar-refractivity contribution in [1.29, 1.82) is 0 Å². The van der Waals surface area contributed by atoms with Gasteiger partial charge in [-0.3, -0.25) is 4.79 Å². The minimum absolute atomic E-state index is 0.286. The first-order chi connectivity index (χ1) is 11.1. The van der Waals surface area contributed by atoms with Crippen molar-refractivity contribution in [3.05, 3.63) is 40.4 Å². The van der Waals surface area contributed by atoms with Crippen LogP contribution >= 0.6 is 39.0 Å². The van der Waals surface area contributed by atoms with Gasteiger partial charge in [0.2, 0.25) is 5.91 Å². The van der Waals surface area contributed by atoms with Crippen LogP contribution in [0.25, 0.3) is 21.3 Å². The molecule has 3 rings (SSSR count). The van der Waals surface area contributed by atoms with E-state index in [0.29, 0.717) is 6.42 Å². The molecule has 23 heavy (non-hydrogen) atoms. The number of nitrogens with two attached hydrogens (primary N) is 1. The van der Waals surface area contributed by atoms with Crippen LogP contribution < -0.4 is 5.73 Å². The number of amides is 1. The van der Waals surface area contributed by atoms with E-state index in [2.05, 4.69) is 43.4 Å². The number of hydrogen-bond donors (Lipinski definition) is 1. The Bertz CT molecular complexity index is 848. The van der Waals surface area contributed by atoms with Crippen molar-refractivity contribution in [2.75, 3.05) is 0 Å². The molecule has 2 aromatic heterocycles. The second kappa shape index (κ2) is 6.98. The Morgan fingerprint density at radius 3 is 2.74 bits per heavy atom. The molecule has 1 atom stereocenters. The van der Waals surface area contributed by atoms with Crippen molar-refractivity contribution < 1.29 is 4.79 Å². The number of carbonyl (C=O) groups is 1. The average molecular weight is 408 g/mol. The monoisotopic (exact) mass is 407 g/mol. The van der Waals surface area contributed by atoms with Gasteiger partial charge in [0.25, 0.3) is 0 Å². The number of carbonyl (C=O) groups excluding carboxylic acids is 1. The fraction of sp³-hybridized carbons (Fsp3) is 0.188. The number of benzene rings is 1. The lowest BCUT2D eigenvalue weighted by Crippen LogP contribution is -2.24. The molecule has 1 aromatic carbocycles. The van der Waals surface area contributed by atoms with E-state index in [1.54, 1.807) is 17.7 Å². The molecule has 0 radical (unpaired) electrons. The van der Waals surface area contributed by atoms with Crippen LogP contribution in [-0.4, -0.2) is 21.1 Å². The van der Waals surface area contributed by atoms with E-state index in [0.717, 1.165) is 30.8 Å². The number of fused-ring (bicyclic) bond motifs is 1. The predicted molar refractivity (Wildman–Crippen MR) is 99.7 cm³/mol. The largest absolute Gasteiger partial charge is 0.369 e. The molecule has 2 N–H and O–H groups in total. The maximum atomic E-state index is 11.6. The molecule has 0 fully saturated rings. The van der Waals surface area contributed by atoms with Crippen molar-refractivity contribution in [3.8, 4) is 11.1 Å². The van der Waals surface area contributed by atoms with Gasteiger partial charge in [-0.05, 0) is 24.1 Å². The van der Waals surface area contributed by atoms with Gasteiger partial charge < -0.3 is 5.73 Å². The summed E-state index contributed by atoms with van der Waals surface area (Å²) in [6.07, 6.45) is 2.21. The van der Waals surface area contributed by atoms with E-state index in [1.807, 2.05) is 19.1 Å². The molecule has 2 heterocycles. The summed E-state index contributed by atoms with van der Waals surface area (Å²) < 4.78 is 1.03. The number of aromatic nitrogens is 2. The first-order valence-electron chi connectivity index (χ1n) is 7.04. The molecule has 0 aliphatic heterocycles. The molecule has 1 amide bonds. The summed E-state index contributed by atoms with van der Waals surface area (Å²) in [6.45, 7) is 1.95. The molecule has 3 aromatic rings. The second-order valence-corrected chi connectivity index (χ2v) is 7.90. The maximum Gasteiger partial charge on any atom is 0.230 e. The normalized spacial score (nSPS) is 12.4. The van der Waals surface area contributed by atoms with E-state index in [-0.39, 0.29) is 11.2 Å². The number of hydrogen-bond acceptors (Lipinski definition) is 5. The van der Waals surface area contributed by atoms with Gasteiger partial charge in [0.15, 0.2) is 0 Å². The molecule has 7 heteroatoms. The molecule has 0 saturated heterocycles. The Labute approximate surface area is 150 Å². The van der Waals surface area contributed by atoms with E-state index in [1.165, 1.54) is 11.8 Å². The van der Waals surface area contributed by atoms with Crippen LogP contribution in [0.4, 0.5) is 0 Å². The van der Waals surface area contributed by atoms with E-state index in [4.69, 9.17) is 5.73 Å². The average Bonchev–Trinajstić information content (AvgIpc) is 2.98. The summed E-state index contributed by atoms with van der Waals surface area (Å²) >= 11 is 6.45. The first kappa shape index (κ1) is 16.4. The highest BCUT2D eigenvalue weighted by Gasteiger charge is 2.20. The Hall–Kier alpha value is -1.44. The Kier molecular flexibility index (Phi) is 4.99. The highest BCUT2D eigenvalue weighted by molar-refractivity contribution is 9.10. The summed E-state index contributed by atoms with van der Waals surface area (Å²) in [7, 11) is 0. The summed E-state index contributed by atoms with van der Waals surface area (Å²) in [6, 6.07) is 8.12. The zero-order chi connectivity index (χ0) is 16.4. The van der Waals surface area contributed by atoms with Crippen LogP contribution in [-0.2, 0) is 4.79 Å². The molecular formula is C16H14BrN3OS2. The quantitative estimate of drug-likeness (QED) is 0.499. The van der Waals surface area contributed by atoms with Crippen LogP contribution in [0.15, 0.2) is 45.5 Å². The molecule has 0 saturated carbocycles. The smallest absolute Gasteiger partial charge is 0.230 e. The van der Waals surface area contributed by atoms with Crippen molar-refractivity contribution in [1.82, 2.24) is 9.97 Å². The van der Waals surface area contributed by atoms with Crippen molar-refractivity contribution in [2.45, 2.75) is 23.6 Å². The molecule has 0 aliphatic rings. The minimum Gasteiger partial charge on any atom is -0.369 e. The molecule has 0 bridgehead atoms. The minimum atomic E-state index is -0.315. The third kappa shape index (κ3) is 3.41. The summed E-state index contributed by atoms with van der Waals surface area (Å²) in [5.74, 6) is -0.315. The zero-order valence-electron chi connectivity index (χ0n) is 12.3. The number of primary amides is 1. The maximum absolute atomic E-state index is 11.6. The fourth-order valence-electron chi connectivity index (χ4n) is 2.26. The third-order valence-electron chi connectivity index (χ3n) is 3.43. The molecule has 0 aliphatic carbocycles. The van der Waals surface area contributed by atoms with Crippen molar-refractivity contribution in [2.24, 2.45) is 5.73 Å². The lowest BCUT2D eigenvalue weighted by molar-refractivity contribution is -0.117. The number of thioether (sulfide) groups is 1. The highest BCUT2D eigenvalue weighted by atomic mass is 79.9. The second-order valence-electron chi connectivity index (χ2n) is 4.93. The Morgan fingerprint density at radius 1 is 1.35 bits per heavy atom. The Balaban J connectivity index is 2.10. The molecular weight excluding hydrogens is 394 g/mol. The number of thiophene rings is 1. The molecule has 118 valence electrons. The summed E-state index contributed by atoms with van der Waals surface area (Å²) in [5.41, 5.74) is 7.66. The van der Waals surface area contributed by atoms with E-state index >= 15 is 0 Å². The van der Waals surface area contributed by atoms with Gasteiger partial charge in [-0.2, -0.15) is 0 Å². The number of halogens is 1. The van der Waals surface area contributed by atoms with Crippen molar-refractivity contribution >= 4 is 55.2 Å². The van der Waals surface area contributed by atoms with Gasteiger partial charge in [0.1, 0.15) is 16.2 Å². The SMILES string of the molecule is CCC(Sc1ncnc2scc(-c3ccc(Br)cc3)c12)C(N)=O. The van der Waals surface area contributed by atoms with Gasteiger partial charge in [-0.15, -0.1) is 11.3 Å². The fourth-order valence-corrected chi connectivity index (χ4v) is 4.49. The van der Waals surface area contributed by atoms with Crippen LogP contribution in [0.2, 0.25) is 0 Å². The summed E-state index contributed by atoms with van der Waals surface area (Å²) in [5, 5.41) is 3.59. The van der Waals surface area contributed by atoms with Crippen LogP contribution in [0.3, 0.4) is 0 Å². The van der Waals surface area contributed by atoms with Gasteiger partial charge in [-0.25, -0.2) is 9.97 Å². The number of nitrogens with zero attached hydrogens (tertiary/aromatic N) is 2.